The molecule has 4 N–H and O–H groups in total. The summed E-state index contributed by atoms with van der Waals surface area (Å²) in [6, 6.07) is -0.0865. The molecule has 0 radical (unpaired) electrons. The van der Waals surface area contributed by atoms with E-state index in [-0.39, 0.29) is 37.5 Å². The van der Waals surface area contributed by atoms with Gasteiger partial charge >= 0.3 is 5.97 Å². The van der Waals surface area contributed by atoms with Crippen LogP contribution in [0.25, 0.3) is 0 Å². The normalized spacial score (nSPS) is 44.3. The number of aliphatic hydroxyl groups is 4. The molecule has 0 spiro atoms. The number of carbonyl (C=O) groups is 1. The van der Waals surface area contributed by atoms with E-state index in [1.807, 2.05) is 48.7 Å². The second kappa shape index (κ2) is 22.8. The summed E-state index contributed by atoms with van der Waals surface area (Å²) in [4.78, 5) is 23.3. The summed E-state index contributed by atoms with van der Waals surface area (Å²) in [7, 11) is 3.32. The number of hydrogen-bond donors (Lipinski definition) is 4. The zero-order chi connectivity index (χ0) is 49.9. The van der Waals surface area contributed by atoms with E-state index in [4.69, 9.17) is 47.6 Å². The maximum Gasteiger partial charge on any atom is 0.311 e. The first kappa shape index (κ1) is 57.3. The Hall–Kier alpha value is -1.32. The lowest BCUT2D eigenvalue weighted by Gasteiger charge is -2.50. The molecule has 0 aromatic carbocycles. The van der Waals surface area contributed by atoms with Crippen molar-refractivity contribution in [1.82, 2.24) is 4.90 Å². The summed E-state index contributed by atoms with van der Waals surface area (Å²) in [6.07, 6.45) is -4.16. The fourth-order valence-corrected chi connectivity index (χ4v) is 12.1. The largest absolute Gasteiger partial charge is 0.459 e. The zero-order valence-corrected chi connectivity index (χ0v) is 44.9. The molecule has 386 valence electrons. The highest BCUT2D eigenvalue weighted by Gasteiger charge is 2.54. The van der Waals surface area contributed by atoms with Gasteiger partial charge in [-0.2, -0.15) is 0 Å². The van der Waals surface area contributed by atoms with Gasteiger partial charge in [0.1, 0.15) is 23.9 Å². The maximum absolute atomic E-state index is 14.7. The number of hydrogen-bond acceptors (Lipinski definition) is 16. The molecular formula is C49H92N2O14Si. The Kier molecular flexibility index (Phi) is 19.8. The van der Waals surface area contributed by atoms with E-state index in [1.54, 1.807) is 41.5 Å². The summed E-state index contributed by atoms with van der Waals surface area (Å²) in [5, 5.41) is 53.8. The van der Waals surface area contributed by atoms with Gasteiger partial charge in [0.25, 0.3) is 0 Å². The molecule has 4 rings (SSSR count). The molecule has 66 heavy (non-hydrogen) atoms. The number of carbonyl (C=O) groups excluding carboxylic acids is 1. The number of likely N-dealkylation sites (N-methyl/N-ethyl adjacent to an activating group) is 1. The van der Waals surface area contributed by atoms with Gasteiger partial charge in [-0.1, -0.05) is 39.3 Å². The van der Waals surface area contributed by atoms with Gasteiger partial charge in [0.2, 0.25) is 5.79 Å². The molecular weight excluding hydrogens is 869 g/mol. The van der Waals surface area contributed by atoms with Crippen LogP contribution in [0.2, 0.25) is 19.6 Å². The van der Waals surface area contributed by atoms with Crippen molar-refractivity contribution in [3.63, 3.8) is 0 Å². The van der Waals surface area contributed by atoms with E-state index >= 15 is 0 Å². The Morgan fingerprint density at radius 1 is 0.879 bits per heavy atom. The van der Waals surface area contributed by atoms with Gasteiger partial charge in [-0.3, -0.25) is 4.79 Å². The Labute approximate surface area is 398 Å². The molecule has 0 bridgehead atoms. The number of nitrogens with zero attached hydrogens (tertiary/aromatic N) is 2. The van der Waals surface area contributed by atoms with Crippen molar-refractivity contribution in [3.05, 3.63) is 0 Å². The van der Waals surface area contributed by atoms with Gasteiger partial charge in [0.15, 0.2) is 20.9 Å². The van der Waals surface area contributed by atoms with E-state index in [0.717, 1.165) is 19.3 Å². The lowest BCUT2D eigenvalue weighted by atomic mass is 9.73. The van der Waals surface area contributed by atoms with Crippen molar-refractivity contribution in [2.45, 2.75) is 257 Å². The lowest BCUT2D eigenvalue weighted by molar-refractivity contribution is -0.316. The summed E-state index contributed by atoms with van der Waals surface area (Å²) in [5.74, 6) is -4.93. The third kappa shape index (κ3) is 13.8. The molecule has 3 aliphatic heterocycles. The summed E-state index contributed by atoms with van der Waals surface area (Å²) in [5.41, 5.74) is -4.33. The number of rotatable bonds is 13. The smallest absolute Gasteiger partial charge is 0.311 e. The fraction of sp³-hybridized carbons (Fsp3) is 0.959. The fourth-order valence-electron chi connectivity index (χ4n) is 11.0. The van der Waals surface area contributed by atoms with Crippen LogP contribution in [0, 0.1) is 23.7 Å². The number of methoxy groups -OCH3 is 1. The summed E-state index contributed by atoms with van der Waals surface area (Å²) < 4.78 is 52.5. The van der Waals surface area contributed by atoms with E-state index in [1.165, 1.54) is 14.0 Å². The van der Waals surface area contributed by atoms with E-state index in [0.29, 0.717) is 25.0 Å². The van der Waals surface area contributed by atoms with Crippen LogP contribution >= 0.6 is 0 Å². The molecule has 2 unspecified atom stereocenters. The molecule has 4 fully saturated rings. The van der Waals surface area contributed by atoms with Crippen molar-refractivity contribution >= 4 is 20.0 Å². The second-order valence-corrected chi connectivity index (χ2v) is 27.0. The zero-order valence-electron chi connectivity index (χ0n) is 43.9. The van der Waals surface area contributed by atoms with Crippen LogP contribution < -0.4 is 0 Å². The minimum Gasteiger partial charge on any atom is -0.459 e. The molecule has 0 aromatic rings. The van der Waals surface area contributed by atoms with Crippen LogP contribution in [0.15, 0.2) is 5.16 Å². The average molecular weight is 961 g/mol. The molecule has 18 atom stereocenters. The summed E-state index contributed by atoms with van der Waals surface area (Å²) >= 11 is 0. The molecule has 0 amide bonds. The first-order valence-electron chi connectivity index (χ1n) is 24.9. The Morgan fingerprint density at radius 2 is 1.50 bits per heavy atom. The number of esters is 1. The highest BCUT2D eigenvalue weighted by atomic mass is 28.4. The van der Waals surface area contributed by atoms with Crippen molar-refractivity contribution in [3.8, 4) is 0 Å². The van der Waals surface area contributed by atoms with E-state index in [2.05, 4.69) is 24.5 Å². The van der Waals surface area contributed by atoms with E-state index in [9.17, 15) is 25.2 Å². The molecule has 16 nitrogen and oxygen atoms in total. The van der Waals surface area contributed by atoms with Gasteiger partial charge in [-0.15, -0.1) is 0 Å². The topological polar surface area (TPSA) is 197 Å². The van der Waals surface area contributed by atoms with Crippen LogP contribution in [0.1, 0.15) is 141 Å². The molecule has 1 aliphatic carbocycles. The Morgan fingerprint density at radius 3 is 2.05 bits per heavy atom. The minimum absolute atomic E-state index is 0.0357. The molecule has 3 saturated heterocycles. The first-order chi connectivity index (χ1) is 30.4. The lowest BCUT2D eigenvalue weighted by Crippen LogP contribution is -2.62. The average Bonchev–Trinajstić information content (AvgIpc) is 3.21. The van der Waals surface area contributed by atoms with Gasteiger partial charge in [0.05, 0.1) is 59.5 Å². The Balaban J connectivity index is 1.95. The van der Waals surface area contributed by atoms with Crippen molar-refractivity contribution < 1.29 is 67.6 Å². The van der Waals surface area contributed by atoms with E-state index < -0.39 is 116 Å². The van der Waals surface area contributed by atoms with Crippen LogP contribution in [-0.2, 0) is 47.2 Å². The standard InChI is InChI=1S/C49H92N2O14Si/c1-19-36-48(12,56)41(52)31(6)38(50-65-49(63-28(2)3)23-21-20-22-24-49)29(4)26-46(10,55)43(62-45-40(64-66(16,17)18)35(51(13)14)25-30(5)58-45)32(7)39(33(8)44(54)60-36)61-37-27-47(11,57-15)42(53)34(9)59-37/h28-37,39-43,45,52-53,55-56H,19-27H2,1-18H3/b50-38+/t29-,30-,31+,32+,33-,34+,35+,36-,37?,39+,40-,41-,42+,43-,45?,46+,47-,48-/m1/s1. The number of oxime groups is 1. The summed E-state index contributed by atoms with van der Waals surface area (Å²) in [6.45, 7) is 28.0. The first-order valence-corrected chi connectivity index (χ1v) is 28.3. The van der Waals surface area contributed by atoms with Crippen molar-refractivity contribution in [2.24, 2.45) is 28.8 Å². The van der Waals surface area contributed by atoms with Gasteiger partial charge in [0, 0.05) is 50.2 Å². The van der Waals surface area contributed by atoms with Gasteiger partial charge in [-0.05, 0) is 121 Å². The molecule has 1 saturated carbocycles. The maximum atomic E-state index is 14.7. The van der Waals surface area contributed by atoms with Crippen LogP contribution in [-0.4, -0.2) is 163 Å². The highest BCUT2D eigenvalue weighted by molar-refractivity contribution is 6.69. The number of cyclic esters (lactones) is 1. The molecule has 17 heteroatoms. The number of ether oxygens (including phenoxy) is 7. The van der Waals surface area contributed by atoms with Gasteiger partial charge < -0.3 is 67.7 Å². The van der Waals surface area contributed by atoms with Crippen molar-refractivity contribution in [1.29, 1.82) is 0 Å². The third-order valence-electron chi connectivity index (χ3n) is 14.7. The van der Waals surface area contributed by atoms with Crippen molar-refractivity contribution in [2.75, 3.05) is 21.2 Å². The monoisotopic (exact) mass is 961 g/mol. The Bertz CT molecular complexity index is 1570. The quantitative estimate of drug-likeness (QED) is 0.0673. The second-order valence-electron chi connectivity index (χ2n) is 22.5. The predicted octanol–water partition coefficient (Wildman–Crippen LogP) is 6.53. The highest BCUT2D eigenvalue weighted by Crippen LogP contribution is 2.42. The number of aliphatic hydroxyl groups excluding tert-OH is 2. The SMILES string of the molecule is CC[C@H]1OC(=O)[C@H](C)[C@@H](OC2C[C@@](C)(OC)[C@@H](O)[C@H](C)O2)[C@H](C)[C@@H](OC2O[C@H](C)C[C@H](N(C)C)[C@H]2O[Si](C)(C)C)[C@@](C)(O)C[C@@H](C)/C(=N\OC2(OC(C)C)CCCCC2)[C@H](C)[C@@H](O)[C@]1(C)O. The molecule has 3 heterocycles. The van der Waals surface area contributed by atoms with Crippen LogP contribution in [0.4, 0.5) is 0 Å². The van der Waals surface area contributed by atoms with Crippen LogP contribution in [0.3, 0.4) is 0 Å². The van der Waals surface area contributed by atoms with Crippen LogP contribution in [0.5, 0.6) is 0 Å². The molecule has 4 aliphatic rings. The van der Waals surface area contributed by atoms with Gasteiger partial charge in [-0.25, -0.2) is 0 Å². The minimum atomic E-state index is -2.23. The predicted molar refractivity (Wildman–Crippen MR) is 254 cm³/mol. The third-order valence-corrected chi connectivity index (χ3v) is 15.7. The molecule has 0 aromatic heterocycles.